The van der Waals surface area contributed by atoms with Crippen LogP contribution in [0, 0.1) is 56.2 Å². The number of ketones is 2. The summed E-state index contributed by atoms with van der Waals surface area (Å²) in [6.07, 6.45) is 12.5. The van der Waals surface area contributed by atoms with Crippen LogP contribution in [-0.4, -0.2) is 11.6 Å². The molecule has 5 aliphatic rings. The van der Waals surface area contributed by atoms with Gasteiger partial charge in [-0.1, -0.05) is 61.8 Å². The summed E-state index contributed by atoms with van der Waals surface area (Å²) in [4.78, 5) is 27.3. The number of fused-ring (bicyclic) bond motifs is 7. The third kappa shape index (κ3) is 2.91. The summed E-state index contributed by atoms with van der Waals surface area (Å²) in [5.41, 5.74) is 0.916. The molecular weight excluding hydrogens is 404 g/mol. The number of Topliss-reactive ketones (excluding diaryl/α,β-unsaturated/α-hetero) is 2. The largest absolute Gasteiger partial charge is 0.299 e. The average Bonchev–Trinajstić information content (AvgIpc) is 2.72. The number of carbonyl (C=O) groups is 2. The summed E-state index contributed by atoms with van der Waals surface area (Å²) in [5, 5.41) is 0. The quantitative estimate of drug-likeness (QED) is 0.402. The maximum atomic E-state index is 14.3. The molecule has 0 N–H and O–H groups in total. The first-order chi connectivity index (χ1) is 15.2. The van der Waals surface area contributed by atoms with Crippen LogP contribution in [0.25, 0.3) is 0 Å². The lowest BCUT2D eigenvalue weighted by molar-refractivity contribution is -0.234. The molecule has 0 aromatic carbocycles. The predicted octanol–water partition coefficient (Wildman–Crippen LogP) is 8.03. The summed E-state index contributed by atoms with van der Waals surface area (Å²) in [7, 11) is 0. The van der Waals surface area contributed by atoms with Crippen molar-refractivity contribution in [2.75, 3.05) is 0 Å². The predicted molar refractivity (Wildman–Crippen MR) is 135 cm³/mol. The van der Waals surface area contributed by atoms with Crippen LogP contribution >= 0.6 is 0 Å². The van der Waals surface area contributed by atoms with E-state index in [1.54, 1.807) is 0 Å². The van der Waals surface area contributed by atoms with Crippen LogP contribution in [0.4, 0.5) is 0 Å². The molecule has 0 unspecified atom stereocenters. The highest BCUT2D eigenvalue weighted by Crippen LogP contribution is 2.76. The van der Waals surface area contributed by atoms with Crippen molar-refractivity contribution in [3.8, 4) is 0 Å². The van der Waals surface area contributed by atoms with E-state index in [2.05, 4.69) is 55.4 Å². The van der Waals surface area contributed by atoms with E-state index in [0.717, 1.165) is 19.3 Å². The molecule has 8 atom stereocenters. The van der Waals surface area contributed by atoms with E-state index in [9.17, 15) is 9.59 Å². The molecule has 33 heavy (non-hydrogen) atoms. The van der Waals surface area contributed by atoms with Crippen LogP contribution in [0.5, 0.6) is 0 Å². The van der Waals surface area contributed by atoms with Crippen molar-refractivity contribution >= 4 is 11.6 Å². The maximum Gasteiger partial charge on any atom is 0.138 e. The van der Waals surface area contributed by atoms with Crippen molar-refractivity contribution in [2.45, 2.75) is 126 Å². The molecule has 2 nitrogen and oxygen atoms in total. The summed E-state index contributed by atoms with van der Waals surface area (Å²) in [5.74, 6) is 2.70. The molecule has 0 radical (unpaired) electrons. The van der Waals surface area contributed by atoms with Crippen molar-refractivity contribution in [1.29, 1.82) is 0 Å². The molecule has 0 aliphatic heterocycles. The van der Waals surface area contributed by atoms with E-state index in [0.29, 0.717) is 46.6 Å². The van der Waals surface area contributed by atoms with Crippen molar-refractivity contribution in [1.82, 2.24) is 0 Å². The van der Waals surface area contributed by atoms with E-state index in [-0.39, 0.29) is 27.6 Å². The zero-order valence-corrected chi connectivity index (χ0v) is 22.9. The second kappa shape index (κ2) is 6.97. The molecule has 0 aromatic heterocycles. The Kier molecular flexibility index (Phi) is 5.08. The van der Waals surface area contributed by atoms with Gasteiger partial charge in [-0.2, -0.15) is 0 Å². The molecule has 0 aromatic rings. The summed E-state index contributed by atoms with van der Waals surface area (Å²) in [6.45, 7) is 19.3. The van der Waals surface area contributed by atoms with Gasteiger partial charge >= 0.3 is 0 Å². The first-order valence-corrected chi connectivity index (χ1v) is 14.2. The average molecular weight is 455 g/mol. The molecule has 186 valence electrons. The molecule has 0 spiro atoms. The van der Waals surface area contributed by atoms with Gasteiger partial charge in [0.15, 0.2) is 0 Å². The highest BCUT2D eigenvalue weighted by Gasteiger charge is 2.71. The normalized spacial score (nSPS) is 52.8. The highest BCUT2D eigenvalue weighted by atomic mass is 16.1. The fourth-order valence-corrected chi connectivity index (χ4v) is 11.2. The molecule has 2 heteroatoms. The van der Waals surface area contributed by atoms with E-state index in [1.165, 1.54) is 44.9 Å². The molecule has 0 saturated heterocycles. The third-order valence-corrected chi connectivity index (χ3v) is 13.6. The zero-order chi connectivity index (χ0) is 24.2. The van der Waals surface area contributed by atoms with E-state index in [1.807, 2.05) is 0 Å². The standard InChI is InChI=1S/C31H50O2/c1-9-31-16-14-26(2,3)19-20(31)25-21(32)18-23-28(6)12-11-24(33)27(4,5)22(28)10-13-29(23,7)30(25,8)15-17-31/h20,22-23,25H,9-19H2,1-8H3/t20-,22-,23+,25-,28-,29+,30+,31+/m0/s1. The molecule has 5 fully saturated rings. The topological polar surface area (TPSA) is 34.1 Å². The molecule has 5 rings (SSSR count). The van der Waals surface area contributed by atoms with Gasteiger partial charge in [0.2, 0.25) is 0 Å². The maximum absolute atomic E-state index is 14.3. The molecule has 0 bridgehead atoms. The van der Waals surface area contributed by atoms with Gasteiger partial charge in [-0.05, 0) is 96.2 Å². The minimum Gasteiger partial charge on any atom is -0.299 e. The molecule has 5 aliphatic carbocycles. The summed E-state index contributed by atoms with van der Waals surface area (Å²) in [6, 6.07) is 0. The Morgan fingerprint density at radius 3 is 2.12 bits per heavy atom. The van der Waals surface area contributed by atoms with Crippen molar-refractivity contribution < 1.29 is 9.59 Å². The lowest BCUT2D eigenvalue weighted by atomic mass is 9.31. The van der Waals surface area contributed by atoms with Gasteiger partial charge in [0.05, 0.1) is 0 Å². The summed E-state index contributed by atoms with van der Waals surface area (Å²) < 4.78 is 0. The first kappa shape index (κ1) is 24.1. The van der Waals surface area contributed by atoms with Gasteiger partial charge < -0.3 is 0 Å². The SMILES string of the molecule is CC[C@]12CCC(C)(C)C[C@H]1[C@H]1C(=O)C[C@@H]3[C@@]4(C)CCC(=O)C(C)(C)[C@@H]4CC[C@@]3(C)[C@]1(C)CC2. The van der Waals surface area contributed by atoms with Gasteiger partial charge in [-0.15, -0.1) is 0 Å². The van der Waals surface area contributed by atoms with Crippen LogP contribution in [0.2, 0.25) is 0 Å². The Morgan fingerprint density at radius 1 is 0.788 bits per heavy atom. The van der Waals surface area contributed by atoms with Crippen molar-refractivity contribution in [3.63, 3.8) is 0 Å². The minimum atomic E-state index is -0.244. The zero-order valence-electron chi connectivity index (χ0n) is 22.9. The van der Waals surface area contributed by atoms with Gasteiger partial charge in [0.1, 0.15) is 11.6 Å². The molecule has 0 amide bonds. The Bertz CT molecular complexity index is 868. The van der Waals surface area contributed by atoms with Crippen LogP contribution in [0.1, 0.15) is 126 Å². The van der Waals surface area contributed by atoms with E-state index < -0.39 is 0 Å². The number of carbonyl (C=O) groups excluding carboxylic acids is 2. The Balaban J connectivity index is 1.58. The highest BCUT2D eigenvalue weighted by molar-refractivity contribution is 5.86. The number of rotatable bonds is 1. The lowest BCUT2D eigenvalue weighted by Crippen LogP contribution is -2.68. The van der Waals surface area contributed by atoms with E-state index >= 15 is 0 Å². The van der Waals surface area contributed by atoms with Crippen LogP contribution in [-0.2, 0) is 9.59 Å². The monoisotopic (exact) mass is 454 g/mol. The first-order valence-electron chi connectivity index (χ1n) is 14.2. The molecular formula is C31H50O2. The van der Waals surface area contributed by atoms with Gasteiger partial charge in [0, 0.05) is 24.2 Å². The second-order valence-corrected chi connectivity index (χ2v) is 15.5. The second-order valence-electron chi connectivity index (χ2n) is 15.5. The fraction of sp³-hybridized carbons (Fsp3) is 0.935. The summed E-state index contributed by atoms with van der Waals surface area (Å²) >= 11 is 0. The Morgan fingerprint density at radius 2 is 1.45 bits per heavy atom. The Hall–Kier alpha value is -0.660. The van der Waals surface area contributed by atoms with Gasteiger partial charge in [-0.25, -0.2) is 0 Å². The lowest BCUT2D eigenvalue weighted by Gasteiger charge is -2.72. The van der Waals surface area contributed by atoms with Gasteiger partial charge in [0.25, 0.3) is 0 Å². The van der Waals surface area contributed by atoms with Gasteiger partial charge in [-0.3, -0.25) is 9.59 Å². The molecule has 0 heterocycles. The fourth-order valence-electron chi connectivity index (χ4n) is 11.2. The van der Waals surface area contributed by atoms with Crippen molar-refractivity contribution in [3.05, 3.63) is 0 Å². The van der Waals surface area contributed by atoms with Crippen LogP contribution < -0.4 is 0 Å². The smallest absolute Gasteiger partial charge is 0.138 e. The van der Waals surface area contributed by atoms with Crippen LogP contribution in [0.3, 0.4) is 0 Å². The number of hydrogen-bond acceptors (Lipinski definition) is 2. The minimum absolute atomic E-state index is 0.101. The van der Waals surface area contributed by atoms with E-state index in [4.69, 9.17) is 0 Å². The third-order valence-electron chi connectivity index (χ3n) is 13.6. The number of hydrogen-bond donors (Lipinski definition) is 0. The molecule has 5 saturated carbocycles. The Labute approximate surface area is 203 Å². The van der Waals surface area contributed by atoms with Crippen molar-refractivity contribution in [2.24, 2.45) is 56.2 Å². The van der Waals surface area contributed by atoms with Crippen LogP contribution in [0.15, 0.2) is 0 Å².